The molecule has 0 saturated heterocycles. The number of aromatic amines is 1. The molecule has 1 aromatic heterocycles. The van der Waals surface area contributed by atoms with Gasteiger partial charge in [0, 0.05) is 0 Å². The second kappa shape index (κ2) is 1.50. The number of aromatic nitrogens is 1. The van der Waals surface area contributed by atoms with Gasteiger partial charge in [0.05, 0.1) is 12.1 Å². The summed E-state index contributed by atoms with van der Waals surface area (Å²) in [5, 5.41) is 25.2. The topological polar surface area (TPSA) is 81.0 Å². The lowest BCUT2D eigenvalue weighted by Crippen LogP contribution is -1.70. The number of rotatable bonds is 0. The molecule has 1 aliphatic rings. The fourth-order valence-electron chi connectivity index (χ4n) is 0.936. The molecule has 0 bridgehead atoms. The lowest BCUT2D eigenvalue weighted by molar-refractivity contribution is 0.422. The number of nitrogens with one attached hydrogen (secondary N) is 1. The van der Waals surface area contributed by atoms with E-state index in [-0.39, 0.29) is 11.8 Å². The molecular formula is C5H5N3O2. The summed E-state index contributed by atoms with van der Waals surface area (Å²) in [6.45, 7) is 0.345. The van der Waals surface area contributed by atoms with Crippen LogP contribution in [0.4, 0.5) is 5.69 Å². The Balaban J connectivity index is 2.70. The second-order valence-electron chi connectivity index (χ2n) is 2.05. The van der Waals surface area contributed by atoms with Crippen LogP contribution in [0.25, 0.3) is 0 Å². The molecule has 0 radical (unpaired) electrons. The SMILES string of the molecule is Oc1[nH]c(O)c2c1CN=N2. The first-order chi connectivity index (χ1) is 4.79. The second-order valence-corrected chi connectivity index (χ2v) is 2.05. The molecule has 5 heteroatoms. The fraction of sp³-hybridized carbons (Fsp3) is 0.200. The van der Waals surface area contributed by atoms with Crippen molar-refractivity contribution in [2.45, 2.75) is 6.54 Å². The van der Waals surface area contributed by atoms with Crippen molar-refractivity contribution in [1.82, 2.24) is 4.98 Å². The van der Waals surface area contributed by atoms with Crippen LogP contribution in [0, 0.1) is 0 Å². The maximum atomic E-state index is 9.02. The Morgan fingerprint density at radius 1 is 1.30 bits per heavy atom. The monoisotopic (exact) mass is 139 g/mol. The lowest BCUT2D eigenvalue weighted by atomic mass is 10.3. The molecule has 0 aromatic carbocycles. The molecule has 0 spiro atoms. The van der Waals surface area contributed by atoms with Gasteiger partial charge in [-0.3, -0.25) is 4.98 Å². The Bertz CT molecular complexity index is 302. The number of aromatic hydroxyl groups is 2. The van der Waals surface area contributed by atoms with Gasteiger partial charge in [-0.2, -0.15) is 5.11 Å². The molecule has 0 atom stereocenters. The summed E-state index contributed by atoms with van der Waals surface area (Å²) < 4.78 is 0. The Labute approximate surface area is 56.0 Å². The molecule has 2 heterocycles. The van der Waals surface area contributed by atoms with E-state index in [0.29, 0.717) is 17.8 Å². The standard InChI is InChI=1S/C5H5N3O2/c9-4-2-1-6-8-3(2)5(10)7-4/h7,9-10H,1H2. The highest BCUT2D eigenvalue weighted by atomic mass is 16.3. The quantitative estimate of drug-likeness (QED) is 0.501. The number of azo groups is 1. The van der Waals surface area contributed by atoms with E-state index in [9.17, 15) is 0 Å². The smallest absolute Gasteiger partial charge is 0.220 e. The summed E-state index contributed by atoms with van der Waals surface area (Å²) in [7, 11) is 0. The summed E-state index contributed by atoms with van der Waals surface area (Å²) in [4.78, 5) is 2.34. The molecule has 0 unspecified atom stereocenters. The van der Waals surface area contributed by atoms with Crippen LogP contribution in [0.3, 0.4) is 0 Å². The molecule has 10 heavy (non-hydrogen) atoms. The van der Waals surface area contributed by atoms with Crippen LogP contribution in [0.15, 0.2) is 10.2 Å². The lowest BCUT2D eigenvalue weighted by Gasteiger charge is -1.83. The maximum absolute atomic E-state index is 9.02. The number of fused-ring (bicyclic) bond motifs is 1. The molecule has 1 aromatic rings. The Hall–Kier alpha value is -1.52. The number of hydrogen-bond donors (Lipinski definition) is 3. The molecule has 5 nitrogen and oxygen atoms in total. The number of hydrogen-bond acceptors (Lipinski definition) is 4. The predicted molar refractivity (Wildman–Crippen MR) is 32.3 cm³/mol. The summed E-state index contributed by atoms with van der Waals surface area (Å²) in [5.74, 6) is -0.161. The van der Waals surface area contributed by atoms with Gasteiger partial charge in [0.2, 0.25) is 5.88 Å². The van der Waals surface area contributed by atoms with Crippen molar-refractivity contribution in [3.05, 3.63) is 5.56 Å². The van der Waals surface area contributed by atoms with Gasteiger partial charge in [0.15, 0.2) is 11.6 Å². The first-order valence-corrected chi connectivity index (χ1v) is 2.79. The Morgan fingerprint density at radius 3 is 2.80 bits per heavy atom. The molecule has 1 aliphatic heterocycles. The molecular weight excluding hydrogens is 134 g/mol. The average Bonchev–Trinajstić information content (AvgIpc) is 2.39. The summed E-state index contributed by atoms with van der Waals surface area (Å²) in [6.07, 6.45) is 0. The van der Waals surface area contributed by atoms with Crippen molar-refractivity contribution >= 4 is 5.69 Å². The van der Waals surface area contributed by atoms with Crippen LogP contribution in [0.5, 0.6) is 11.8 Å². The van der Waals surface area contributed by atoms with Crippen LogP contribution >= 0.6 is 0 Å². The van der Waals surface area contributed by atoms with E-state index in [2.05, 4.69) is 15.2 Å². The van der Waals surface area contributed by atoms with Gasteiger partial charge < -0.3 is 10.2 Å². The predicted octanol–water partition coefficient (Wildman–Crippen LogP) is 1.02. The number of nitrogens with zero attached hydrogens (tertiary/aromatic N) is 2. The van der Waals surface area contributed by atoms with Gasteiger partial charge in [0.1, 0.15) is 0 Å². The maximum Gasteiger partial charge on any atom is 0.220 e. The van der Waals surface area contributed by atoms with E-state index < -0.39 is 0 Å². The van der Waals surface area contributed by atoms with Crippen molar-refractivity contribution < 1.29 is 10.2 Å². The minimum Gasteiger partial charge on any atom is -0.494 e. The van der Waals surface area contributed by atoms with Gasteiger partial charge in [0.25, 0.3) is 0 Å². The Kier molecular flexibility index (Phi) is 0.791. The summed E-state index contributed by atoms with van der Waals surface area (Å²) >= 11 is 0. The minimum absolute atomic E-state index is 0.0440. The van der Waals surface area contributed by atoms with Gasteiger partial charge >= 0.3 is 0 Å². The molecule has 3 N–H and O–H groups in total. The summed E-state index contributed by atoms with van der Waals surface area (Å²) in [5.41, 5.74) is 0.926. The van der Waals surface area contributed by atoms with Gasteiger partial charge in [-0.25, -0.2) is 0 Å². The van der Waals surface area contributed by atoms with Crippen molar-refractivity contribution in [1.29, 1.82) is 0 Å². The van der Waals surface area contributed by atoms with Crippen molar-refractivity contribution in [3.8, 4) is 11.8 Å². The first-order valence-electron chi connectivity index (χ1n) is 2.79. The van der Waals surface area contributed by atoms with Crippen molar-refractivity contribution in [2.24, 2.45) is 10.2 Å². The van der Waals surface area contributed by atoms with E-state index in [1.54, 1.807) is 0 Å². The third-order valence-electron chi connectivity index (χ3n) is 1.43. The molecule has 0 saturated carbocycles. The zero-order valence-electron chi connectivity index (χ0n) is 5.00. The highest BCUT2D eigenvalue weighted by Gasteiger charge is 2.19. The van der Waals surface area contributed by atoms with Crippen molar-refractivity contribution in [3.63, 3.8) is 0 Å². The molecule has 0 aliphatic carbocycles. The van der Waals surface area contributed by atoms with E-state index in [1.165, 1.54) is 0 Å². The van der Waals surface area contributed by atoms with Crippen LogP contribution in [-0.4, -0.2) is 15.2 Å². The molecule has 52 valence electrons. The van der Waals surface area contributed by atoms with Crippen LogP contribution < -0.4 is 0 Å². The highest BCUT2D eigenvalue weighted by molar-refractivity contribution is 5.60. The molecule has 0 amide bonds. The summed E-state index contributed by atoms with van der Waals surface area (Å²) in [6, 6.07) is 0. The van der Waals surface area contributed by atoms with E-state index in [4.69, 9.17) is 10.2 Å². The van der Waals surface area contributed by atoms with Crippen LogP contribution in [0.2, 0.25) is 0 Å². The highest BCUT2D eigenvalue weighted by Crippen LogP contribution is 2.40. The first kappa shape index (κ1) is 5.28. The van der Waals surface area contributed by atoms with Gasteiger partial charge in [-0.15, -0.1) is 5.11 Å². The zero-order chi connectivity index (χ0) is 7.14. The van der Waals surface area contributed by atoms with Crippen molar-refractivity contribution in [2.75, 3.05) is 0 Å². The molecule has 0 fully saturated rings. The van der Waals surface area contributed by atoms with Gasteiger partial charge in [-0.1, -0.05) is 0 Å². The van der Waals surface area contributed by atoms with Gasteiger partial charge in [-0.05, 0) is 0 Å². The minimum atomic E-state index is -0.117. The van der Waals surface area contributed by atoms with E-state index in [0.717, 1.165) is 0 Å². The zero-order valence-corrected chi connectivity index (χ0v) is 5.00. The average molecular weight is 139 g/mol. The third-order valence-corrected chi connectivity index (χ3v) is 1.43. The normalized spacial score (nSPS) is 14.0. The van der Waals surface area contributed by atoms with E-state index >= 15 is 0 Å². The Morgan fingerprint density at radius 2 is 2.10 bits per heavy atom. The molecule has 2 rings (SSSR count). The largest absolute Gasteiger partial charge is 0.494 e. The third kappa shape index (κ3) is 0.464. The number of H-pyrrole nitrogens is 1. The fourth-order valence-corrected chi connectivity index (χ4v) is 0.936. The van der Waals surface area contributed by atoms with E-state index in [1.807, 2.05) is 0 Å². The van der Waals surface area contributed by atoms with Crippen LogP contribution in [-0.2, 0) is 6.54 Å². The van der Waals surface area contributed by atoms with Crippen LogP contribution in [0.1, 0.15) is 5.56 Å².